The number of para-hydroxylation sites is 1. The van der Waals surface area contributed by atoms with Crippen LogP contribution in [0.5, 0.6) is 0 Å². The molecule has 1 fully saturated rings. The van der Waals surface area contributed by atoms with Crippen LogP contribution >= 0.6 is 0 Å². The molecular weight excluding hydrogens is 364 g/mol. The van der Waals surface area contributed by atoms with Crippen LogP contribution in [0.15, 0.2) is 48.9 Å². The van der Waals surface area contributed by atoms with Crippen molar-refractivity contribution in [3.05, 3.63) is 65.6 Å². The minimum atomic E-state index is -0.209. The highest BCUT2D eigenvalue weighted by Gasteiger charge is 2.23. The van der Waals surface area contributed by atoms with Crippen LogP contribution in [-0.4, -0.2) is 46.3 Å². The number of aromatic nitrogens is 2. The van der Waals surface area contributed by atoms with E-state index in [9.17, 15) is 9.59 Å². The first-order chi connectivity index (χ1) is 14.1. The van der Waals surface area contributed by atoms with Gasteiger partial charge in [0.15, 0.2) is 0 Å². The van der Waals surface area contributed by atoms with Crippen LogP contribution in [0, 0.1) is 5.92 Å². The molecule has 6 nitrogen and oxygen atoms in total. The van der Waals surface area contributed by atoms with Gasteiger partial charge in [-0.25, -0.2) is 0 Å². The van der Waals surface area contributed by atoms with Gasteiger partial charge >= 0.3 is 0 Å². The maximum Gasteiger partial charge on any atom is 0.255 e. The molecule has 0 aliphatic carbocycles. The van der Waals surface area contributed by atoms with Gasteiger partial charge in [-0.2, -0.15) is 0 Å². The standard InChI is InChI=1S/C23H26N4O2/c1-16-5-4-10-27(15-16)23(29)19-11-18(12-24-13-19)22(28)25-9-8-17-14-26-21-7-3-2-6-20(17)21/h2-3,6-7,11-14,16,26H,4-5,8-10,15H2,1H3,(H,25,28). The monoisotopic (exact) mass is 390 g/mol. The zero-order valence-electron chi connectivity index (χ0n) is 16.6. The van der Waals surface area contributed by atoms with Crippen molar-refractivity contribution in [3.63, 3.8) is 0 Å². The zero-order valence-corrected chi connectivity index (χ0v) is 16.6. The first-order valence-electron chi connectivity index (χ1n) is 10.2. The van der Waals surface area contributed by atoms with Crippen molar-refractivity contribution in [2.75, 3.05) is 19.6 Å². The molecule has 0 bridgehead atoms. The van der Waals surface area contributed by atoms with Crippen molar-refractivity contribution < 1.29 is 9.59 Å². The van der Waals surface area contributed by atoms with Gasteiger partial charge in [0.05, 0.1) is 11.1 Å². The SMILES string of the molecule is CC1CCCN(C(=O)c2cncc(C(=O)NCCc3c[nH]c4ccccc34)c2)C1. The summed E-state index contributed by atoms with van der Waals surface area (Å²) in [6.07, 6.45) is 7.95. The average Bonchev–Trinajstić information content (AvgIpc) is 3.16. The third-order valence-electron chi connectivity index (χ3n) is 5.55. The summed E-state index contributed by atoms with van der Waals surface area (Å²) in [5.41, 5.74) is 3.15. The maximum absolute atomic E-state index is 12.8. The van der Waals surface area contributed by atoms with Crippen LogP contribution in [-0.2, 0) is 6.42 Å². The van der Waals surface area contributed by atoms with E-state index in [0.717, 1.165) is 37.9 Å². The minimum absolute atomic E-state index is 0.0440. The number of nitrogens with one attached hydrogen (secondary N) is 2. The second-order valence-corrected chi connectivity index (χ2v) is 7.83. The quantitative estimate of drug-likeness (QED) is 0.701. The molecule has 2 aromatic heterocycles. The topological polar surface area (TPSA) is 78.1 Å². The average molecular weight is 390 g/mol. The molecule has 2 amide bonds. The van der Waals surface area contributed by atoms with Crippen LogP contribution in [0.25, 0.3) is 10.9 Å². The third kappa shape index (κ3) is 4.31. The van der Waals surface area contributed by atoms with Gasteiger partial charge in [-0.3, -0.25) is 14.6 Å². The fourth-order valence-electron chi connectivity index (χ4n) is 3.99. The summed E-state index contributed by atoms with van der Waals surface area (Å²) < 4.78 is 0. The molecule has 0 spiro atoms. The molecule has 1 aromatic carbocycles. The number of pyridine rings is 1. The van der Waals surface area contributed by atoms with Gasteiger partial charge in [0, 0.05) is 49.1 Å². The number of amides is 2. The van der Waals surface area contributed by atoms with Gasteiger partial charge in [0.1, 0.15) is 0 Å². The lowest BCUT2D eigenvalue weighted by atomic mass is 9.99. The van der Waals surface area contributed by atoms with E-state index < -0.39 is 0 Å². The summed E-state index contributed by atoms with van der Waals surface area (Å²) in [6.45, 7) is 4.21. The Hall–Kier alpha value is -3.15. The molecule has 3 heterocycles. The van der Waals surface area contributed by atoms with Crippen LogP contribution < -0.4 is 5.32 Å². The molecule has 4 rings (SSSR count). The fourth-order valence-corrected chi connectivity index (χ4v) is 3.99. The van der Waals surface area contributed by atoms with Gasteiger partial charge in [-0.15, -0.1) is 0 Å². The molecule has 1 aliphatic rings. The molecule has 1 atom stereocenters. The molecule has 3 aromatic rings. The van der Waals surface area contributed by atoms with Crippen molar-refractivity contribution in [1.29, 1.82) is 0 Å². The van der Waals surface area contributed by atoms with Crippen molar-refractivity contribution in [3.8, 4) is 0 Å². The highest BCUT2D eigenvalue weighted by molar-refractivity contribution is 5.99. The number of piperidine rings is 1. The maximum atomic E-state index is 12.8. The number of aromatic amines is 1. The van der Waals surface area contributed by atoms with E-state index in [1.165, 1.54) is 17.1 Å². The number of hydrogen-bond acceptors (Lipinski definition) is 3. The normalized spacial score (nSPS) is 16.7. The lowest BCUT2D eigenvalue weighted by molar-refractivity contribution is 0.0682. The number of hydrogen-bond donors (Lipinski definition) is 2. The Bertz CT molecular complexity index is 1030. The van der Waals surface area contributed by atoms with E-state index in [4.69, 9.17) is 0 Å². The molecule has 1 aliphatic heterocycles. The van der Waals surface area contributed by atoms with Crippen LogP contribution in [0.4, 0.5) is 0 Å². The van der Waals surface area contributed by atoms with Crippen LogP contribution in [0.3, 0.4) is 0 Å². The first-order valence-corrected chi connectivity index (χ1v) is 10.2. The van der Waals surface area contributed by atoms with Gasteiger partial charge in [-0.1, -0.05) is 25.1 Å². The molecular formula is C23H26N4O2. The van der Waals surface area contributed by atoms with Crippen molar-refractivity contribution in [1.82, 2.24) is 20.2 Å². The van der Waals surface area contributed by atoms with Gasteiger partial charge < -0.3 is 15.2 Å². The second-order valence-electron chi connectivity index (χ2n) is 7.83. The summed E-state index contributed by atoms with van der Waals surface area (Å²) in [7, 11) is 0. The van der Waals surface area contributed by atoms with E-state index in [1.807, 2.05) is 29.3 Å². The smallest absolute Gasteiger partial charge is 0.255 e. The molecule has 0 saturated carbocycles. The summed E-state index contributed by atoms with van der Waals surface area (Å²) >= 11 is 0. The molecule has 150 valence electrons. The third-order valence-corrected chi connectivity index (χ3v) is 5.55. The molecule has 1 unspecified atom stereocenters. The number of rotatable bonds is 5. The van der Waals surface area contributed by atoms with E-state index in [0.29, 0.717) is 23.6 Å². The highest BCUT2D eigenvalue weighted by atomic mass is 16.2. The van der Waals surface area contributed by atoms with E-state index >= 15 is 0 Å². The summed E-state index contributed by atoms with van der Waals surface area (Å²) in [4.78, 5) is 34.6. The number of H-pyrrole nitrogens is 1. The number of nitrogens with zero attached hydrogens (tertiary/aromatic N) is 2. The Morgan fingerprint density at radius 3 is 2.93 bits per heavy atom. The largest absolute Gasteiger partial charge is 0.361 e. The van der Waals surface area contributed by atoms with Crippen molar-refractivity contribution in [2.45, 2.75) is 26.2 Å². The lowest BCUT2D eigenvalue weighted by Crippen LogP contribution is -2.39. The predicted molar refractivity (Wildman–Crippen MR) is 113 cm³/mol. The Morgan fingerprint density at radius 2 is 2.07 bits per heavy atom. The highest BCUT2D eigenvalue weighted by Crippen LogP contribution is 2.19. The van der Waals surface area contributed by atoms with E-state index in [2.05, 4.69) is 28.3 Å². The molecule has 6 heteroatoms. The Balaban J connectivity index is 1.37. The number of benzene rings is 1. The summed E-state index contributed by atoms with van der Waals surface area (Å²) in [5, 5.41) is 4.11. The van der Waals surface area contributed by atoms with Gasteiger partial charge in [0.2, 0.25) is 0 Å². The minimum Gasteiger partial charge on any atom is -0.361 e. The molecule has 29 heavy (non-hydrogen) atoms. The molecule has 1 saturated heterocycles. The number of likely N-dealkylation sites (tertiary alicyclic amines) is 1. The van der Waals surface area contributed by atoms with Crippen molar-refractivity contribution in [2.24, 2.45) is 5.92 Å². The molecule has 2 N–H and O–H groups in total. The Kier molecular flexibility index (Phi) is 5.60. The summed E-state index contributed by atoms with van der Waals surface area (Å²) in [6, 6.07) is 9.76. The first kappa shape index (κ1) is 19.2. The zero-order chi connectivity index (χ0) is 20.2. The van der Waals surface area contributed by atoms with Crippen molar-refractivity contribution >= 4 is 22.7 Å². The second kappa shape index (κ2) is 8.47. The van der Waals surface area contributed by atoms with E-state index in [-0.39, 0.29) is 11.8 Å². The Labute approximate surface area is 170 Å². The lowest BCUT2D eigenvalue weighted by Gasteiger charge is -2.30. The summed E-state index contributed by atoms with van der Waals surface area (Å²) in [5.74, 6) is 0.258. The van der Waals surface area contributed by atoms with Gasteiger partial charge in [-0.05, 0) is 42.9 Å². The van der Waals surface area contributed by atoms with E-state index in [1.54, 1.807) is 12.3 Å². The number of fused-ring (bicyclic) bond motifs is 1. The molecule has 0 radical (unpaired) electrons. The van der Waals surface area contributed by atoms with Gasteiger partial charge in [0.25, 0.3) is 11.8 Å². The van der Waals surface area contributed by atoms with Crippen LogP contribution in [0.2, 0.25) is 0 Å². The number of carbonyl (C=O) groups excluding carboxylic acids is 2. The predicted octanol–water partition coefficient (Wildman–Crippen LogP) is 3.41. The number of carbonyl (C=O) groups is 2. The van der Waals surface area contributed by atoms with Crippen LogP contribution in [0.1, 0.15) is 46.0 Å². The Morgan fingerprint density at radius 1 is 1.24 bits per heavy atom. The fraction of sp³-hybridized carbons (Fsp3) is 0.348.